The standard InChI is InChI=1S/C16H19NO2/c1-2-5-13(6-3-1)16(15-7-4-10-19-15)17-14-8-11-18-12-9-14/h1-7,10,14,16-17H,8-9,11-12H2. The van der Waals surface area contributed by atoms with Gasteiger partial charge in [-0.1, -0.05) is 30.3 Å². The van der Waals surface area contributed by atoms with Crippen molar-refractivity contribution in [1.29, 1.82) is 0 Å². The largest absolute Gasteiger partial charge is 0.467 e. The van der Waals surface area contributed by atoms with E-state index in [1.165, 1.54) is 5.56 Å². The monoisotopic (exact) mass is 257 g/mol. The van der Waals surface area contributed by atoms with Gasteiger partial charge < -0.3 is 14.5 Å². The molecule has 3 nitrogen and oxygen atoms in total. The van der Waals surface area contributed by atoms with Crippen molar-refractivity contribution in [2.24, 2.45) is 0 Å². The van der Waals surface area contributed by atoms with Crippen molar-refractivity contribution in [3.05, 3.63) is 60.1 Å². The van der Waals surface area contributed by atoms with Crippen molar-refractivity contribution in [2.75, 3.05) is 13.2 Å². The van der Waals surface area contributed by atoms with Gasteiger partial charge in [0.1, 0.15) is 5.76 Å². The second-order valence-electron chi connectivity index (χ2n) is 4.91. The fraction of sp³-hybridized carbons (Fsp3) is 0.375. The third-order valence-corrected chi connectivity index (χ3v) is 3.58. The fourth-order valence-electron chi connectivity index (χ4n) is 2.54. The van der Waals surface area contributed by atoms with Gasteiger partial charge in [0, 0.05) is 19.3 Å². The van der Waals surface area contributed by atoms with Crippen LogP contribution in [-0.2, 0) is 4.74 Å². The number of benzene rings is 1. The van der Waals surface area contributed by atoms with Gasteiger partial charge in [0.2, 0.25) is 0 Å². The Hall–Kier alpha value is -1.58. The molecule has 100 valence electrons. The molecular formula is C16H19NO2. The first-order valence-electron chi connectivity index (χ1n) is 6.85. The van der Waals surface area contributed by atoms with E-state index in [1.54, 1.807) is 6.26 Å². The molecule has 1 N–H and O–H groups in total. The third-order valence-electron chi connectivity index (χ3n) is 3.58. The molecule has 2 aromatic rings. The van der Waals surface area contributed by atoms with Gasteiger partial charge in [-0.05, 0) is 30.5 Å². The Morgan fingerprint density at radius 3 is 2.47 bits per heavy atom. The lowest BCUT2D eigenvalue weighted by atomic mass is 10.0. The summed E-state index contributed by atoms with van der Waals surface area (Å²) in [5.74, 6) is 0.970. The van der Waals surface area contributed by atoms with Crippen molar-refractivity contribution in [2.45, 2.75) is 24.9 Å². The maximum absolute atomic E-state index is 5.60. The fourth-order valence-corrected chi connectivity index (χ4v) is 2.54. The molecule has 0 spiro atoms. The highest BCUT2D eigenvalue weighted by molar-refractivity contribution is 5.26. The number of nitrogens with one attached hydrogen (secondary N) is 1. The quantitative estimate of drug-likeness (QED) is 0.913. The van der Waals surface area contributed by atoms with Crippen molar-refractivity contribution >= 4 is 0 Å². The van der Waals surface area contributed by atoms with Crippen LogP contribution in [0.4, 0.5) is 0 Å². The predicted molar refractivity (Wildman–Crippen MR) is 74.0 cm³/mol. The van der Waals surface area contributed by atoms with E-state index in [-0.39, 0.29) is 6.04 Å². The molecule has 1 aromatic carbocycles. The van der Waals surface area contributed by atoms with Gasteiger partial charge in [-0.2, -0.15) is 0 Å². The first kappa shape index (κ1) is 12.5. The zero-order chi connectivity index (χ0) is 12.9. The lowest BCUT2D eigenvalue weighted by Crippen LogP contribution is -2.37. The highest BCUT2D eigenvalue weighted by Gasteiger charge is 2.22. The molecule has 0 bridgehead atoms. The van der Waals surface area contributed by atoms with E-state index in [2.05, 4.69) is 29.6 Å². The lowest BCUT2D eigenvalue weighted by molar-refractivity contribution is 0.0754. The predicted octanol–water partition coefficient (Wildman–Crippen LogP) is 3.14. The average molecular weight is 257 g/mol. The number of hydrogen-bond acceptors (Lipinski definition) is 3. The van der Waals surface area contributed by atoms with E-state index >= 15 is 0 Å². The van der Waals surface area contributed by atoms with E-state index in [1.807, 2.05) is 18.2 Å². The maximum atomic E-state index is 5.60. The first-order chi connectivity index (χ1) is 9.43. The summed E-state index contributed by atoms with van der Waals surface area (Å²) in [6.07, 6.45) is 3.85. The molecule has 1 unspecified atom stereocenters. The van der Waals surface area contributed by atoms with E-state index in [0.29, 0.717) is 6.04 Å². The van der Waals surface area contributed by atoms with Crippen LogP contribution in [-0.4, -0.2) is 19.3 Å². The summed E-state index contributed by atoms with van der Waals surface area (Å²) >= 11 is 0. The molecule has 0 radical (unpaired) electrons. The van der Waals surface area contributed by atoms with E-state index < -0.39 is 0 Å². The minimum atomic E-state index is 0.124. The molecule has 1 atom stereocenters. The van der Waals surface area contributed by atoms with Crippen LogP contribution >= 0.6 is 0 Å². The van der Waals surface area contributed by atoms with Gasteiger partial charge in [0.15, 0.2) is 0 Å². The van der Waals surface area contributed by atoms with Crippen LogP contribution in [0.25, 0.3) is 0 Å². The summed E-state index contributed by atoms with van der Waals surface area (Å²) in [5.41, 5.74) is 1.24. The van der Waals surface area contributed by atoms with Gasteiger partial charge >= 0.3 is 0 Å². The van der Waals surface area contributed by atoms with Crippen LogP contribution in [0.3, 0.4) is 0 Å². The second-order valence-corrected chi connectivity index (χ2v) is 4.91. The van der Waals surface area contributed by atoms with Crippen LogP contribution in [0.5, 0.6) is 0 Å². The summed E-state index contributed by atoms with van der Waals surface area (Å²) in [6, 6.07) is 15.0. The van der Waals surface area contributed by atoms with Crippen LogP contribution in [0, 0.1) is 0 Å². The van der Waals surface area contributed by atoms with Gasteiger partial charge in [-0.25, -0.2) is 0 Å². The van der Waals surface area contributed by atoms with Crippen LogP contribution in [0.1, 0.15) is 30.2 Å². The van der Waals surface area contributed by atoms with Crippen molar-refractivity contribution < 1.29 is 9.15 Å². The Kier molecular flexibility index (Phi) is 3.96. The Bertz CT molecular complexity index is 475. The molecule has 1 saturated heterocycles. The molecule has 1 fully saturated rings. The lowest BCUT2D eigenvalue weighted by Gasteiger charge is -2.28. The highest BCUT2D eigenvalue weighted by Crippen LogP contribution is 2.24. The summed E-state index contributed by atoms with van der Waals surface area (Å²) in [5, 5.41) is 3.70. The van der Waals surface area contributed by atoms with E-state index in [9.17, 15) is 0 Å². The van der Waals surface area contributed by atoms with Crippen molar-refractivity contribution in [3.8, 4) is 0 Å². The van der Waals surface area contributed by atoms with Crippen LogP contribution < -0.4 is 5.32 Å². The van der Waals surface area contributed by atoms with E-state index in [0.717, 1.165) is 31.8 Å². The molecule has 0 saturated carbocycles. The SMILES string of the molecule is c1ccc(C(NC2CCOCC2)c2ccco2)cc1. The molecule has 2 heterocycles. The molecular weight excluding hydrogens is 238 g/mol. The minimum absolute atomic E-state index is 0.124. The molecule has 3 rings (SSSR count). The Labute approximate surface area is 113 Å². The van der Waals surface area contributed by atoms with Crippen molar-refractivity contribution in [1.82, 2.24) is 5.32 Å². The molecule has 3 heteroatoms. The number of ether oxygens (including phenoxy) is 1. The third kappa shape index (κ3) is 3.06. The zero-order valence-electron chi connectivity index (χ0n) is 10.9. The Morgan fingerprint density at radius 1 is 1.00 bits per heavy atom. The zero-order valence-corrected chi connectivity index (χ0v) is 10.9. The highest BCUT2D eigenvalue weighted by atomic mass is 16.5. The summed E-state index contributed by atoms with van der Waals surface area (Å²) < 4.78 is 11.0. The normalized spacial score (nSPS) is 18.3. The Morgan fingerprint density at radius 2 is 1.79 bits per heavy atom. The number of hydrogen-bond donors (Lipinski definition) is 1. The van der Waals surface area contributed by atoms with Gasteiger partial charge in [0.05, 0.1) is 12.3 Å². The number of rotatable bonds is 4. The van der Waals surface area contributed by atoms with Gasteiger partial charge in [0.25, 0.3) is 0 Å². The second kappa shape index (κ2) is 6.04. The maximum Gasteiger partial charge on any atom is 0.125 e. The molecule has 0 aliphatic carbocycles. The first-order valence-corrected chi connectivity index (χ1v) is 6.85. The Balaban J connectivity index is 1.80. The molecule has 19 heavy (non-hydrogen) atoms. The molecule has 0 amide bonds. The van der Waals surface area contributed by atoms with Crippen LogP contribution in [0.15, 0.2) is 53.1 Å². The average Bonchev–Trinajstić information content (AvgIpc) is 3.01. The van der Waals surface area contributed by atoms with Crippen molar-refractivity contribution in [3.63, 3.8) is 0 Å². The molecule has 1 aromatic heterocycles. The summed E-state index contributed by atoms with van der Waals surface area (Å²) in [6.45, 7) is 1.69. The molecule has 1 aliphatic rings. The molecule has 1 aliphatic heterocycles. The smallest absolute Gasteiger partial charge is 0.125 e. The summed E-state index contributed by atoms with van der Waals surface area (Å²) in [7, 11) is 0. The number of furan rings is 1. The van der Waals surface area contributed by atoms with Gasteiger partial charge in [-0.3, -0.25) is 0 Å². The topological polar surface area (TPSA) is 34.4 Å². The van der Waals surface area contributed by atoms with Crippen LogP contribution in [0.2, 0.25) is 0 Å². The summed E-state index contributed by atoms with van der Waals surface area (Å²) in [4.78, 5) is 0. The van der Waals surface area contributed by atoms with E-state index in [4.69, 9.17) is 9.15 Å². The minimum Gasteiger partial charge on any atom is -0.467 e. The van der Waals surface area contributed by atoms with Gasteiger partial charge in [-0.15, -0.1) is 0 Å².